The SMILES string of the molecule is O=C(c1nnc2n1CCC2)N(CC1CCCO1)c1nc2ccccc2s1. The molecule has 1 saturated heterocycles. The lowest BCUT2D eigenvalue weighted by molar-refractivity contribution is 0.0905. The Morgan fingerprint density at radius 3 is 3.08 bits per heavy atom. The minimum atomic E-state index is -0.139. The summed E-state index contributed by atoms with van der Waals surface area (Å²) in [6, 6.07) is 7.95. The van der Waals surface area contributed by atoms with Crippen LogP contribution in [0, 0.1) is 0 Å². The van der Waals surface area contributed by atoms with Gasteiger partial charge in [-0.25, -0.2) is 4.98 Å². The van der Waals surface area contributed by atoms with Gasteiger partial charge in [0.25, 0.3) is 5.91 Å². The molecule has 26 heavy (non-hydrogen) atoms. The number of anilines is 1. The van der Waals surface area contributed by atoms with Crippen LogP contribution in [0.5, 0.6) is 0 Å². The first-order chi connectivity index (χ1) is 12.8. The topological polar surface area (TPSA) is 73.1 Å². The average molecular weight is 369 g/mol. The highest BCUT2D eigenvalue weighted by Crippen LogP contribution is 2.31. The van der Waals surface area contributed by atoms with Crippen LogP contribution in [0.1, 0.15) is 35.7 Å². The minimum Gasteiger partial charge on any atom is -0.376 e. The Hall–Kier alpha value is -2.32. The van der Waals surface area contributed by atoms with Gasteiger partial charge >= 0.3 is 0 Å². The van der Waals surface area contributed by atoms with Crippen LogP contribution in [0.15, 0.2) is 24.3 Å². The molecule has 1 amide bonds. The molecule has 0 spiro atoms. The number of amides is 1. The number of nitrogens with zero attached hydrogens (tertiary/aromatic N) is 5. The number of fused-ring (bicyclic) bond motifs is 2. The Morgan fingerprint density at radius 1 is 1.31 bits per heavy atom. The molecule has 0 N–H and O–H groups in total. The molecule has 8 heteroatoms. The van der Waals surface area contributed by atoms with E-state index in [9.17, 15) is 4.79 Å². The zero-order chi connectivity index (χ0) is 17.5. The lowest BCUT2D eigenvalue weighted by Gasteiger charge is -2.22. The maximum Gasteiger partial charge on any atom is 0.298 e. The number of hydrogen-bond acceptors (Lipinski definition) is 6. The van der Waals surface area contributed by atoms with Crippen LogP contribution in [0.2, 0.25) is 0 Å². The fraction of sp³-hybridized carbons (Fsp3) is 0.444. The van der Waals surface area contributed by atoms with Crippen LogP contribution >= 0.6 is 11.3 Å². The highest BCUT2D eigenvalue weighted by Gasteiger charge is 2.31. The number of aromatic nitrogens is 4. The molecule has 0 radical (unpaired) electrons. The highest BCUT2D eigenvalue weighted by molar-refractivity contribution is 7.22. The summed E-state index contributed by atoms with van der Waals surface area (Å²) in [5, 5.41) is 9.05. The zero-order valence-electron chi connectivity index (χ0n) is 14.3. The van der Waals surface area contributed by atoms with Crippen LogP contribution in [0.25, 0.3) is 10.2 Å². The van der Waals surface area contributed by atoms with E-state index in [0.29, 0.717) is 17.5 Å². The summed E-state index contributed by atoms with van der Waals surface area (Å²) in [5.74, 6) is 1.17. The van der Waals surface area contributed by atoms with Crippen molar-refractivity contribution in [3.63, 3.8) is 0 Å². The molecule has 1 aromatic carbocycles. The molecule has 7 nitrogen and oxygen atoms in total. The van der Waals surface area contributed by atoms with Crippen LogP contribution in [0.3, 0.4) is 0 Å². The number of thiazole rings is 1. The van der Waals surface area contributed by atoms with E-state index in [2.05, 4.69) is 10.2 Å². The quantitative estimate of drug-likeness (QED) is 0.707. The number of rotatable bonds is 4. The Labute approximate surface area is 154 Å². The number of carbonyl (C=O) groups is 1. The number of para-hydroxylation sites is 1. The van der Waals surface area contributed by atoms with Gasteiger partial charge < -0.3 is 9.30 Å². The van der Waals surface area contributed by atoms with Gasteiger partial charge in [-0.2, -0.15) is 0 Å². The van der Waals surface area contributed by atoms with Crippen molar-refractivity contribution in [3.8, 4) is 0 Å². The van der Waals surface area contributed by atoms with E-state index < -0.39 is 0 Å². The number of carbonyl (C=O) groups excluding carboxylic acids is 1. The molecule has 0 bridgehead atoms. The van der Waals surface area contributed by atoms with E-state index in [1.807, 2.05) is 28.8 Å². The first kappa shape index (κ1) is 15.9. The van der Waals surface area contributed by atoms with Gasteiger partial charge in [0.1, 0.15) is 5.82 Å². The van der Waals surface area contributed by atoms with E-state index in [-0.39, 0.29) is 12.0 Å². The van der Waals surface area contributed by atoms with Gasteiger partial charge in [0.2, 0.25) is 5.82 Å². The van der Waals surface area contributed by atoms with Crippen molar-refractivity contribution >= 4 is 32.6 Å². The zero-order valence-corrected chi connectivity index (χ0v) is 15.1. The van der Waals surface area contributed by atoms with Gasteiger partial charge in [0.05, 0.1) is 22.9 Å². The van der Waals surface area contributed by atoms with Gasteiger partial charge in [0.15, 0.2) is 5.13 Å². The molecule has 0 aliphatic carbocycles. The minimum absolute atomic E-state index is 0.0481. The van der Waals surface area contributed by atoms with Crippen molar-refractivity contribution in [3.05, 3.63) is 35.9 Å². The number of ether oxygens (including phenoxy) is 1. The van der Waals surface area contributed by atoms with E-state index >= 15 is 0 Å². The van der Waals surface area contributed by atoms with Crippen LogP contribution in [-0.2, 0) is 17.7 Å². The third kappa shape index (κ3) is 2.69. The maximum atomic E-state index is 13.3. The van der Waals surface area contributed by atoms with Crippen LogP contribution in [-0.4, -0.2) is 44.9 Å². The van der Waals surface area contributed by atoms with E-state index in [1.54, 1.807) is 4.90 Å². The summed E-state index contributed by atoms with van der Waals surface area (Å²) in [4.78, 5) is 19.8. The normalized spacial score (nSPS) is 19.2. The summed E-state index contributed by atoms with van der Waals surface area (Å²) >= 11 is 1.53. The Bertz CT molecular complexity index is 927. The molecular formula is C18H19N5O2S. The monoisotopic (exact) mass is 369 g/mol. The summed E-state index contributed by atoms with van der Waals surface area (Å²) in [6.45, 7) is 2.06. The molecule has 0 saturated carbocycles. The predicted octanol–water partition coefficient (Wildman–Crippen LogP) is 2.66. The molecule has 1 unspecified atom stereocenters. The second kappa shape index (κ2) is 6.44. The Kier molecular flexibility index (Phi) is 3.94. The maximum absolute atomic E-state index is 13.3. The molecule has 5 rings (SSSR count). The van der Waals surface area contributed by atoms with Crippen molar-refractivity contribution in [2.45, 2.75) is 38.3 Å². The molecule has 134 valence electrons. The van der Waals surface area contributed by atoms with Crippen LogP contribution < -0.4 is 4.90 Å². The molecule has 1 atom stereocenters. The summed E-state index contributed by atoms with van der Waals surface area (Å²) in [6.07, 6.45) is 3.94. The lowest BCUT2D eigenvalue weighted by Crippen LogP contribution is -2.38. The number of aryl methyl sites for hydroxylation is 1. The summed E-state index contributed by atoms with van der Waals surface area (Å²) in [7, 11) is 0. The smallest absolute Gasteiger partial charge is 0.298 e. The number of hydrogen-bond donors (Lipinski definition) is 0. The van der Waals surface area contributed by atoms with Crippen molar-refractivity contribution in [2.24, 2.45) is 0 Å². The second-order valence-corrected chi connectivity index (χ2v) is 7.72. The Balaban J connectivity index is 1.53. The standard InChI is InChI=1S/C18H19N5O2S/c24-17(16-21-20-15-8-3-9-22(15)16)23(11-12-5-4-10-25-12)18-19-13-6-1-2-7-14(13)26-18/h1-2,6-7,12H,3-5,8-11H2. The molecule has 2 aliphatic heterocycles. The third-order valence-electron chi connectivity index (χ3n) is 4.97. The van der Waals surface area contributed by atoms with Gasteiger partial charge in [-0.05, 0) is 31.4 Å². The lowest BCUT2D eigenvalue weighted by atomic mass is 10.2. The van der Waals surface area contributed by atoms with E-state index in [0.717, 1.165) is 54.9 Å². The van der Waals surface area contributed by atoms with Crippen molar-refractivity contribution in [2.75, 3.05) is 18.1 Å². The summed E-state index contributed by atoms with van der Waals surface area (Å²) < 4.78 is 8.79. The van der Waals surface area contributed by atoms with E-state index in [1.165, 1.54) is 11.3 Å². The Morgan fingerprint density at radius 2 is 2.23 bits per heavy atom. The molecule has 3 aromatic rings. The second-order valence-electron chi connectivity index (χ2n) is 6.71. The first-order valence-corrected chi connectivity index (χ1v) is 9.82. The molecule has 4 heterocycles. The highest BCUT2D eigenvalue weighted by atomic mass is 32.1. The molecule has 2 aliphatic rings. The van der Waals surface area contributed by atoms with Gasteiger partial charge in [-0.1, -0.05) is 23.5 Å². The van der Waals surface area contributed by atoms with Crippen molar-refractivity contribution in [1.82, 2.24) is 19.7 Å². The third-order valence-corrected chi connectivity index (χ3v) is 6.03. The number of benzene rings is 1. The van der Waals surface area contributed by atoms with E-state index in [4.69, 9.17) is 9.72 Å². The van der Waals surface area contributed by atoms with Crippen molar-refractivity contribution < 1.29 is 9.53 Å². The summed E-state index contributed by atoms with van der Waals surface area (Å²) in [5.41, 5.74) is 0.907. The average Bonchev–Trinajstić information content (AvgIpc) is 3.42. The molecule has 2 aromatic heterocycles. The molecular weight excluding hydrogens is 350 g/mol. The predicted molar refractivity (Wildman–Crippen MR) is 98.6 cm³/mol. The van der Waals surface area contributed by atoms with Gasteiger partial charge in [-0.3, -0.25) is 9.69 Å². The first-order valence-electron chi connectivity index (χ1n) is 9.01. The van der Waals surface area contributed by atoms with Crippen LogP contribution in [0.4, 0.5) is 5.13 Å². The molecule has 1 fully saturated rings. The largest absolute Gasteiger partial charge is 0.376 e. The van der Waals surface area contributed by atoms with Crippen molar-refractivity contribution in [1.29, 1.82) is 0 Å². The van der Waals surface area contributed by atoms with Gasteiger partial charge in [0, 0.05) is 19.6 Å². The fourth-order valence-corrected chi connectivity index (χ4v) is 4.62. The van der Waals surface area contributed by atoms with Gasteiger partial charge in [-0.15, -0.1) is 10.2 Å². The fourth-order valence-electron chi connectivity index (χ4n) is 3.64.